The molecular formula is C56H70ClN13O6SSi2. The van der Waals surface area contributed by atoms with Crippen LogP contribution in [0.1, 0.15) is 88.8 Å². The summed E-state index contributed by atoms with van der Waals surface area (Å²) in [6, 6.07) is 14.3. The lowest BCUT2D eigenvalue weighted by atomic mass is 10.0. The smallest absolute Gasteiger partial charge is 0.188 e. The summed E-state index contributed by atoms with van der Waals surface area (Å²) in [6.07, 6.45) is 21.6. The van der Waals surface area contributed by atoms with Crippen LogP contribution in [0.5, 0.6) is 0 Å². The fourth-order valence-corrected chi connectivity index (χ4v) is 11.8. The third-order valence-electron chi connectivity index (χ3n) is 14.0. The van der Waals surface area contributed by atoms with Gasteiger partial charge in [-0.3, -0.25) is 19.4 Å². The largest absolute Gasteiger partial charge is 0.360 e. The number of fused-ring (bicyclic) bond motifs is 2. The summed E-state index contributed by atoms with van der Waals surface area (Å²) in [7, 11) is -2.44. The van der Waals surface area contributed by atoms with Crippen molar-refractivity contribution < 1.29 is 28.5 Å². The number of benzene rings is 2. The van der Waals surface area contributed by atoms with Crippen LogP contribution in [0.2, 0.25) is 55.8 Å². The van der Waals surface area contributed by atoms with Crippen molar-refractivity contribution in [2.45, 2.75) is 135 Å². The molecule has 7 aromatic heterocycles. The van der Waals surface area contributed by atoms with E-state index in [1.54, 1.807) is 32.6 Å². The van der Waals surface area contributed by atoms with E-state index in [1.165, 1.54) is 11.3 Å². The van der Waals surface area contributed by atoms with Gasteiger partial charge in [0, 0.05) is 107 Å². The molecule has 1 N–H and O–H groups in total. The maximum absolute atomic E-state index is 13.6. The normalized spacial score (nSPS) is 16.2. The van der Waals surface area contributed by atoms with Gasteiger partial charge in [-0.15, -0.1) is 11.3 Å². The fourth-order valence-electron chi connectivity index (χ4n) is 9.55. The second-order valence-corrected chi connectivity index (χ2v) is 35.5. The lowest BCUT2D eigenvalue weighted by molar-refractivity contribution is -0.0395. The Bertz CT molecular complexity index is 3480. The van der Waals surface area contributed by atoms with Crippen LogP contribution in [-0.4, -0.2) is 118 Å². The Morgan fingerprint density at radius 1 is 0.684 bits per heavy atom. The zero-order chi connectivity index (χ0) is 55.1. The Labute approximate surface area is 470 Å². The van der Waals surface area contributed by atoms with Gasteiger partial charge in [0.15, 0.2) is 16.0 Å². The Morgan fingerprint density at radius 2 is 1.23 bits per heavy atom. The molecule has 11 rings (SSSR count). The number of thiazole rings is 1. The number of ether oxygens (including phenoxy) is 4. The molecule has 0 radical (unpaired) electrons. The number of halogens is 1. The quantitative estimate of drug-likeness (QED) is 0.0382. The first kappa shape index (κ1) is 56.0. The first-order valence-electron chi connectivity index (χ1n) is 27.2. The molecule has 2 fully saturated rings. The van der Waals surface area contributed by atoms with E-state index >= 15 is 0 Å². The van der Waals surface area contributed by atoms with Gasteiger partial charge >= 0.3 is 0 Å². The number of nitrogens with zero attached hydrogens (tertiary/aromatic N) is 12. The van der Waals surface area contributed by atoms with E-state index in [1.807, 2.05) is 70.0 Å². The summed E-state index contributed by atoms with van der Waals surface area (Å²) in [5, 5.41) is 33.3. The average Bonchev–Trinajstić information content (AvgIpc) is 4.51. The molecular weight excluding hydrogens is 1070 g/mol. The minimum Gasteiger partial charge on any atom is -0.360 e. The molecule has 0 amide bonds. The molecule has 416 valence electrons. The Morgan fingerprint density at radius 3 is 1.70 bits per heavy atom. The van der Waals surface area contributed by atoms with Crippen LogP contribution in [0, 0.1) is 0 Å². The number of carbonyl (C=O) groups excluding carboxylic acids is 2. The zero-order valence-corrected chi connectivity index (χ0v) is 49.5. The number of aromatic nitrogens is 13. The van der Waals surface area contributed by atoms with E-state index in [2.05, 4.69) is 81.9 Å². The van der Waals surface area contributed by atoms with Crippen molar-refractivity contribution in [1.82, 2.24) is 64.1 Å². The summed E-state index contributed by atoms with van der Waals surface area (Å²) in [6.45, 7) is 17.9. The number of carbonyl (C=O) groups is 2. The van der Waals surface area contributed by atoms with Crippen molar-refractivity contribution in [3.05, 3.63) is 124 Å². The standard InChI is InChI=1S/C30H36ClN7O3SSi.C26H34N6O3Si/c1-43(2,3)11-10-40-20-38-26-13-22(23-15-33-37(17-23)28-6-4-5-9-41-28)7-8-25(26)29(35-38)27(39)12-21-14-32-36(16-21)18-24-19-42-30(31)34-24;1-36(2,3)11-10-34-18-32-23-13-20(21-16-29-31(17-21)25-6-4-5-9-35-25)7-8-22(23)26(30-32)24(33)12-19-14-27-28-15-19/h7-8,13-17,19,28H,4-6,9-12,18,20H2,1-3H3;7-8,13-17,25H,4-6,9-12,18H2,1-3H3,(H,27,28). The Balaban J connectivity index is 0.000000181. The number of hydrogen-bond donors (Lipinski definition) is 1. The lowest BCUT2D eigenvalue weighted by Crippen LogP contribution is -2.22. The SMILES string of the molecule is C[Si](C)(C)CCOCn1nc(C(=O)Cc2cn[nH]c2)c2ccc(-c3cnn(C4CCCCO4)c3)cc21.C[Si](C)(C)CCOCn1nc(C(=O)Cc2cnn(Cc3csc(Cl)n3)c2)c2ccc(-c3cnn(C4CCCCO4)c3)cc21. The number of H-pyrrole nitrogens is 1. The van der Waals surface area contributed by atoms with Gasteiger partial charge < -0.3 is 18.9 Å². The highest BCUT2D eigenvalue weighted by atomic mass is 35.5. The molecule has 2 aliphatic rings. The van der Waals surface area contributed by atoms with E-state index in [-0.39, 0.29) is 43.6 Å². The third-order valence-corrected chi connectivity index (χ3v) is 18.5. The van der Waals surface area contributed by atoms with Gasteiger partial charge in [0.1, 0.15) is 37.3 Å². The van der Waals surface area contributed by atoms with E-state index in [4.69, 9.17) is 40.7 Å². The molecule has 19 nitrogen and oxygen atoms in total. The maximum atomic E-state index is 13.6. The summed E-state index contributed by atoms with van der Waals surface area (Å²) < 4.78 is 33.6. The number of Topliss-reactive ketones (excluding diaryl/α,β-unsaturated/α-hetero) is 2. The van der Waals surface area contributed by atoms with Crippen molar-refractivity contribution in [2.24, 2.45) is 0 Å². The lowest BCUT2D eigenvalue weighted by Gasteiger charge is -2.22. The maximum Gasteiger partial charge on any atom is 0.188 e. The van der Waals surface area contributed by atoms with Crippen molar-refractivity contribution in [1.29, 1.82) is 0 Å². The minimum absolute atomic E-state index is 0.00586. The second kappa shape index (κ2) is 25.0. The van der Waals surface area contributed by atoms with Crippen LogP contribution in [0.15, 0.2) is 91.4 Å². The molecule has 0 spiro atoms. The molecule has 23 heteroatoms. The highest BCUT2D eigenvalue weighted by Gasteiger charge is 2.24. The van der Waals surface area contributed by atoms with Crippen LogP contribution in [-0.2, 0) is 51.8 Å². The summed E-state index contributed by atoms with van der Waals surface area (Å²) in [5.41, 5.74) is 9.11. The molecule has 2 aliphatic heterocycles. The number of ketones is 2. The average molecular weight is 1140 g/mol. The monoisotopic (exact) mass is 1140 g/mol. The van der Waals surface area contributed by atoms with Crippen molar-refractivity contribution in [3.63, 3.8) is 0 Å². The molecule has 0 saturated carbocycles. The van der Waals surface area contributed by atoms with E-state index in [0.717, 1.165) is 125 Å². The van der Waals surface area contributed by atoms with E-state index < -0.39 is 16.1 Å². The van der Waals surface area contributed by atoms with Gasteiger partial charge in [0.2, 0.25) is 0 Å². The topological polar surface area (TPSA) is 202 Å². The van der Waals surface area contributed by atoms with Gasteiger partial charge in [0.05, 0.1) is 48.1 Å². The van der Waals surface area contributed by atoms with Gasteiger partial charge in [-0.1, -0.05) is 63.0 Å². The van der Waals surface area contributed by atoms with Crippen molar-refractivity contribution in [2.75, 3.05) is 26.4 Å². The van der Waals surface area contributed by atoms with Crippen molar-refractivity contribution >= 4 is 72.5 Å². The molecule has 2 saturated heterocycles. The molecule has 2 aromatic carbocycles. The predicted octanol–water partition coefficient (Wildman–Crippen LogP) is 11.8. The van der Waals surface area contributed by atoms with Crippen LogP contribution >= 0.6 is 22.9 Å². The fraction of sp³-hybridized carbons (Fsp3) is 0.446. The van der Waals surface area contributed by atoms with Gasteiger partial charge in [-0.05, 0) is 97.1 Å². The highest BCUT2D eigenvalue weighted by molar-refractivity contribution is 7.13. The summed E-state index contributed by atoms with van der Waals surface area (Å²) in [5.74, 6) is -0.116. The molecule has 9 heterocycles. The minimum atomic E-state index is -1.24. The van der Waals surface area contributed by atoms with Crippen LogP contribution in [0.25, 0.3) is 44.1 Å². The summed E-state index contributed by atoms with van der Waals surface area (Å²) >= 11 is 7.35. The first-order valence-corrected chi connectivity index (χ1v) is 35.9. The van der Waals surface area contributed by atoms with Crippen molar-refractivity contribution in [3.8, 4) is 22.3 Å². The first-order chi connectivity index (χ1) is 38.1. The highest BCUT2D eigenvalue weighted by Crippen LogP contribution is 2.32. The second-order valence-electron chi connectivity index (χ2n) is 22.9. The molecule has 2 unspecified atom stereocenters. The third kappa shape index (κ3) is 14.6. The van der Waals surface area contributed by atoms with Gasteiger partial charge in [-0.25, -0.2) is 23.7 Å². The molecule has 0 aliphatic carbocycles. The Hall–Kier alpha value is -6.25. The molecule has 79 heavy (non-hydrogen) atoms. The number of hydrogen-bond acceptors (Lipinski definition) is 14. The molecule has 0 bridgehead atoms. The molecule has 9 aromatic rings. The van der Waals surface area contributed by atoms with E-state index in [9.17, 15) is 9.59 Å². The number of aromatic amines is 1. The van der Waals surface area contributed by atoms with E-state index in [0.29, 0.717) is 42.3 Å². The van der Waals surface area contributed by atoms with Gasteiger partial charge in [0.25, 0.3) is 0 Å². The number of rotatable bonds is 22. The van der Waals surface area contributed by atoms with Crippen LogP contribution in [0.4, 0.5) is 0 Å². The summed E-state index contributed by atoms with van der Waals surface area (Å²) in [4.78, 5) is 31.0. The predicted molar refractivity (Wildman–Crippen MR) is 311 cm³/mol. The van der Waals surface area contributed by atoms with Crippen LogP contribution in [0.3, 0.4) is 0 Å². The van der Waals surface area contributed by atoms with Crippen LogP contribution < -0.4 is 0 Å². The number of nitrogens with one attached hydrogen (secondary N) is 1. The molecule has 2 atom stereocenters. The zero-order valence-electron chi connectivity index (χ0n) is 45.9. The Kier molecular flexibility index (Phi) is 17.8. The van der Waals surface area contributed by atoms with Gasteiger partial charge in [-0.2, -0.15) is 30.6 Å².